The molecule has 0 heterocycles. The zero-order valence-electron chi connectivity index (χ0n) is 11.9. The number of hydrogen-bond donors (Lipinski definition) is 1. The molecule has 0 amide bonds. The van der Waals surface area contributed by atoms with Crippen molar-refractivity contribution in [1.29, 1.82) is 0 Å². The lowest BCUT2D eigenvalue weighted by molar-refractivity contribution is 0.247. The molecule has 0 saturated heterocycles. The lowest BCUT2D eigenvalue weighted by Gasteiger charge is -2.33. The summed E-state index contributed by atoms with van der Waals surface area (Å²) in [5.74, 6) is 1.60. The van der Waals surface area contributed by atoms with Crippen molar-refractivity contribution in [2.45, 2.75) is 57.9 Å². The van der Waals surface area contributed by atoms with Gasteiger partial charge in [0.15, 0.2) is 0 Å². The maximum atomic E-state index is 3.77. The van der Waals surface area contributed by atoms with E-state index in [0.717, 1.165) is 12.5 Å². The third-order valence-electron chi connectivity index (χ3n) is 4.40. The van der Waals surface area contributed by atoms with Crippen LogP contribution in [0.1, 0.15) is 57.4 Å². The fourth-order valence-corrected chi connectivity index (χ4v) is 2.87. The van der Waals surface area contributed by atoms with Gasteiger partial charge in [0.05, 0.1) is 0 Å². The van der Waals surface area contributed by atoms with Crippen LogP contribution in [0.3, 0.4) is 0 Å². The van der Waals surface area contributed by atoms with Crippen LogP contribution >= 0.6 is 0 Å². The van der Waals surface area contributed by atoms with Gasteiger partial charge in [0.25, 0.3) is 0 Å². The average molecular weight is 245 g/mol. The fourth-order valence-electron chi connectivity index (χ4n) is 2.87. The van der Waals surface area contributed by atoms with E-state index in [-0.39, 0.29) is 0 Å². The lowest BCUT2D eigenvalue weighted by atomic mass is 9.77. The molecular formula is C17H27N. The summed E-state index contributed by atoms with van der Waals surface area (Å²) in [7, 11) is 0. The second-order valence-corrected chi connectivity index (χ2v) is 5.79. The molecule has 1 aliphatic rings. The Balaban J connectivity index is 1.97. The summed E-state index contributed by atoms with van der Waals surface area (Å²) in [4.78, 5) is 0. The number of rotatable bonds is 7. The van der Waals surface area contributed by atoms with Crippen molar-refractivity contribution in [2.75, 3.05) is 6.54 Å². The molecular weight excluding hydrogens is 218 g/mol. The molecule has 100 valence electrons. The first-order chi connectivity index (χ1) is 8.81. The van der Waals surface area contributed by atoms with Gasteiger partial charge in [-0.1, -0.05) is 63.4 Å². The standard InChI is InChI=1S/C17H27N/c1-3-12-18-17(13-15-8-7-9-15)14(2)16-10-5-4-6-11-16/h4-6,10-11,14-15,17-18H,3,7-9,12-13H2,1-2H3. The van der Waals surface area contributed by atoms with Gasteiger partial charge in [0, 0.05) is 6.04 Å². The van der Waals surface area contributed by atoms with Gasteiger partial charge in [-0.2, -0.15) is 0 Å². The molecule has 0 spiro atoms. The highest BCUT2D eigenvalue weighted by Gasteiger charge is 2.25. The topological polar surface area (TPSA) is 12.0 Å². The van der Waals surface area contributed by atoms with Gasteiger partial charge >= 0.3 is 0 Å². The van der Waals surface area contributed by atoms with E-state index in [1.807, 2.05) is 0 Å². The maximum Gasteiger partial charge on any atom is 0.0136 e. The Hall–Kier alpha value is -0.820. The van der Waals surface area contributed by atoms with Gasteiger partial charge in [-0.05, 0) is 36.8 Å². The van der Waals surface area contributed by atoms with E-state index in [9.17, 15) is 0 Å². The highest BCUT2D eigenvalue weighted by atomic mass is 14.9. The molecule has 0 radical (unpaired) electrons. The van der Waals surface area contributed by atoms with Crippen molar-refractivity contribution >= 4 is 0 Å². The third kappa shape index (κ3) is 3.58. The van der Waals surface area contributed by atoms with Crippen LogP contribution < -0.4 is 5.32 Å². The van der Waals surface area contributed by atoms with Crippen molar-refractivity contribution in [1.82, 2.24) is 5.32 Å². The molecule has 2 rings (SSSR count). The average Bonchev–Trinajstić information content (AvgIpc) is 2.37. The molecule has 1 aromatic rings. The minimum Gasteiger partial charge on any atom is -0.313 e. The minimum atomic E-state index is 0.623. The Kier molecular flexibility index (Phi) is 5.25. The van der Waals surface area contributed by atoms with E-state index >= 15 is 0 Å². The molecule has 1 aliphatic carbocycles. The molecule has 2 unspecified atom stereocenters. The highest BCUT2D eigenvalue weighted by Crippen LogP contribution is 2.34. The Morgan fingerprint density at radius 3 is 2.50 bits per heavy atom. The maximum absolute atomic E-state index is 3.77. The van der Waals surface area contributed by atoms with Gasteiger partial charge < -0.3 is 5.32 Å². The molecule has 1 N–H and O–H groups in total. The monoisotopic (exact) mass is 245 g/mol. The molecule has 1 aromatic carbocycles. The fraction of sp³-hybridized carbons (Fsp3) is 0.647. The van der Waals surface area contributed by atoms with Crippen molar-refractivity contribution in [3.05, 3.63) is 35.9 Å². The summed E-state index contributed by atoms with van der Waals surface area (Å²) in [6.07, 6.45) is 6.93. The zero-order chi connectivity index (χ0) is 12.8. The zero-order valence-corrected chi connectivity index (χ0v) is 11.9. The molecule has 0 bridgehead atoms. The van der Waals surface area contributed by atoms with Crippen LogP contribution in [0.15, 0.2) is 30.3 Å². The van der Waals surface area contributed by atoms with Crippen LogP contribution in [0.2, 0.25) is 0 Å². The first kappa shape index (κ1) is 13.6. The number of nitrogens with one attached hydrogen (secondary N) is 1. The van der Waals surface area contributed by atoms with E-state index in [1.165, 1.54) is 37.7 Å². The van der Waals surface area contributed by atoms with E-state index in [1.54, 1.807) is 0 Å². The molecule has 1 fully saturated rings. The number of hydrogen-bond acceptors (Lipinski definition) is 1. The van der Waals surface area contributed by atoms with Gasteiger partial charge in [-0.3, -0.25) is 0 Å². The van der Waals surface area contributed by atoms with Crippen LogP contribution in [0.25, 0.3) is 0 Å². The van der Waals surface area contributed by atoms with Crippen LogP contribution in [0.4, 0.5) is 0 Å². The van der Waals surface area contributed by atoms with Crippen molar-refractivity contribution in [3.8, 4) is 0 Å². The normalized spacial score (nSPS) is 19.2. The van der Waals surface area contributed by atoms with Gasteiger partial charge in [0.1, 0.15) is 0 Å². The lowest BCUT2D eigenvalue weighted by Crippen LogP contribution is -2.37. The summed E-state index contributed by atoms with van der Waals surface area (Å²) in [5, 5.41) is 3.77. The van der Waals surface area contributed by atoms with E-state index in [0.29, 0.717) is 12.0 Å². The van der Waals surface area contributed by atoms with Crippen LogP contribution in [0, 0.1) is 5.92 Å². The van der Waals surface area contributed by atoms with Crippen molar-refractivity contribution < 1.29 is 0 Å². The first-order valence-corrected chi connectivity index (χ1v) is 7.59. The second kappa shape index (κ2) is 6.94. The molecule has 1 saturated carbocycles. The Morgan fingerprint density at radius 1 is 1.22 bits per heavy atom. The first-order valence-electron chi connectivity index (χ1n) is 7.59. The van der Waals surface area contributed by atoms with Crippen LogP contribution in [-0.2, 0) is 0 Å². The van der Waals surface area contributed by atoms with Gasteiger partial charge in [0.2, 0.25) is 0 Å². The second-order valence-electron chi connectivity index (χ2n) is 5.79. The third-order valence-corrected chi connectivity index (χ3v) is 4.40. The smallest absolute Gasteiger partial charge is 0.0136 e. The summed E-state index contributed by atoms with van der Waals surface area (Å²) in [6, 6.07) is 11.6. The predicted molar refractivity (Wildman–Crippen MR) is 78.9 cm³/mol. The molecule has 0 aliphatic heterocycles. The molecule has 0 aromatic heterocycles. The van der Waals surface area contributed by atoms with E-state index in [4.69, 9.17) is 0 Å². The SMILES string of the molecule is CCCNC(CC1CCC1)C(C)c1ccccc1. The summed E-state index contributed by atoms with van der Waals surface area (Å²) in [5.41, 5.74) is 1.48. The quantitative estimate of drug-likeness (QED) is 0.753. The summed E-state index contributed by atoms with van der Waals surface area (Å²) in [6.45, 7) is 5.77. The largest absolute Gasteiger partial charge is 0.313 e. The highest BCUT2D eigenvalue weighted by molar-refractivity contribution is 5.20. The van der Waals surface area contributed by atoms with Crippen molar-refractivity contribution in [3.63, 3.8) is 0 Å². The predicted octanol–water partition coefficient (Wildman–Crippen LogP) is 4.35. The molecule has 1 nitrogen and oxygen atoms in total. The van der Waals surface area contributed by atoms with Crippen molar-refractivity contribution in [2.24, 2.45) is 5.92 Å². The van der Waals surface area contributed by atoms with Gasteiger partial charge in [-0.15, -0.1) is 0 Å². The molecule has 18 heavy (non-hydrogen) atoms. The van der Waals surface area contributed by atoms with Gasteiger partial charge in [-0.25, -0.2) is 0 Å². The Morgan fingerprint density at radius 2 is 1.94 bits per heavy atom. The molecule has 1 heteroatoms. The summed E-state index contributed by atoms with van der Waals surface area (Å²) < 4.78 is 0. The summed E-state index contributed by atoms with van der Waals surface area (Å²) >= 11 is 0. The van der Waals surface area contributed by atoms with E-state index < -0.39 is 0 Å². The Labute approximate surface area is 112 Å². The molecule has 2 atom stereocenters. The van der Waals surface area contributed by atoms with Crippen LogP contribution in [-0.4, -0.2) is 12.6 Å². The van der Waals surface area contributed by atoms with E-state index in [2.05, 4.69) is 49.5 Å². The van der Waals surface area contributed by atoms with Crippen LogP contribution in [0.5, 0.6) is 0 Å². The minimum absolute atomic E-state index is 0.623. The Bertz CT molecular complexity index is 329. The number of benzene rings is 1.